The number of allylic oxidation sites excluding steroid dienone is 1. The van der Waals surface area contributed by atoms with Crippen molar-refractivity contribution in [3.05, 3.63) is 75.8 Å². The monoisotopic (exact) mass is 533 g/mol. The topological polar surface area (TPSA) is 78.8 Å². The lowest BCUT2D eigenvalue weighted by atomic mass is 9.81. The van der Waals surface area contributed by atoms with Gasteiger partial charge in [0.1, 0.15) is 23.5 Å². The number of aliphatic hydroxyl groups is 1. The summed E-state index contributed by atoms with van der Waals surface area (Å²) in [5.41, 5.74) is 3.27. The predicted octanol–water partition coefficient (Wildman–Crippen LogP) is 6.43. The van der Waals surface area contributed by atoms with E-state index >= 15 is 0 Å². The van der Waals surface area contributed by atoms with E-state index in [9.17, 15) is 15.0 Å². The highest BCUT2D eigenvalue weighted by Gasteiger charge is 2.33. The Morgan fingerprint density at radius 1 is 1.17 bits per heavy atom. The Morgan fingerprint density at radius 2 is 1.81 bits per heavy atom. The molecule has 36 heavy (non-hydrogen) atoms. The van der Waals surface area contributed by atoms with Crippen molar-refractivity contribution in [2.45, 2.75) is 69.9 Å². The molecule has 0 fully saturated rings. The molecule has 0 amide bonds. The van der Waals surface area contributed by atoms with Crippen LogP contribution in [0, 0.1) is 5.92 Å². The Bertz CT molecular complexity index is 1030. The number of fused-ring (bicyclic) bond motifs is 1. The van der Waals surface area contributed by atoms with Gasteiger partial charge in [-0.25, -0.2) is 0 Å². The van der Waals surface area contributed by atoms with Gasteiger partial charge in [0.15, 0.2) is 0 Å². The third kappa shape index (κ3) is 6.83. The van der Waals surface area contributed by atoms with E-state index in [1.807, 2.05) is 0 Å². The van der Waals surface area contributed by atoms with Crippen LogP contribution < -0.4 is 10.1 Å². The molecule has 1 unspecified atom stereocenters. The van der Waals surface area contributed by atoms with Crippen molar-refractivity contribution in [2.24, 2.45) is 5.92 Å². The molecule has 2 aromatic rings. The maximum absolute atomic E-state index is 11.6. The van der Waals surface area contributed by atoms with E-state index in [1.54, 1.807) is 12.1 Å². The number of carboxylic acids is 1. The third-order valence-electron chi connectivity index (χ3n) is 7.47. The summed E-state index contributed by atoms with van der Waals surface area (Å²) in [7, 11) is 0. The number of aliphatic carboxylic acids is 1. The molecule has 2 aromatic carbocycles. The van der Waals surface area contributed by atoms with Gasteiger partial charge in [0.2, 0.25) is 0 Å². The molecule has 3 rings (SSSR count). The Hall–Kier alpha value is -2.05. The first-order chi connectivity index (χ1) is 17.2. The van der Waals surface area contributed by atoms with Gasteiger partial charge in [-0.3, -0.25) is 4.79 Å². The van der Waals surface area contributed by atoms with Gasteiger partial charge >= 0.3 is 5.97 Å². The van der Waals surface area contributed by atoms with Crippen molar-refractivity contribution < 1.29 is 19.7 Å². The first-order valence-electron chi connectivity index (χ1n) is 12.7. The third-order valence-corrected chi connectivity index (χ3v) is 8.34. The fourth-order valence-electron chi connectivity index (χ4n) is 5.24. The van der Waals surface area contributed by atoms with E-state index in [1.165, 1.54) is 17.2 Å². The number of halogens is 2. The first kappa shape index (κ1) is 28.5. The normalized spacial score (nSPS) is 15.4. The zero-order valence-corrected chi connectivity index (χ0v) is 22.6. The van der Waals surface area contributed by atoms with Gasteiger partial charge in [0.25, 0.3) is 0 Å². The van der Waals surface area contributed by atoms with Crippen molar-refractivity contribution in [3.63, 3.8) is 0 Å². The Kier molecular flexibility index (Phi) is 10.3. The highest BCUT2D eigenvalue weighted by molar-refractivity contribution is 6.43. The minimum absolute atomic E-state index is 0.0375. The summed E-state index contributed by atoms with van der Waals surface area (Å²) in [6.07, 6.45) is 6.25. The van der Waals surface area contributed by atoms with E-state index in [0.29, 0.717) is 23.8 Å². The SMILES string of the molecule is C=CCC(C(=O)O)c1ccc(OC[C@H](O)CNC(CC)(CC)CC2Cc3ccccc3C2)c(Cl)c1Cl. The highest BCUT2D eigenvalue weighted by Crippen LogP contribution is 2.39. The summed E-state index contributed by atoms with van der Waals surface area (Å²) in [5, 5.41) is 24.1. The van der Waals surface area contributed by atoms with Crippen LogP contribution in [0.4, 0.5) is 0 Å². The largest absolute Gasteiger partial charge is 0.489 e. The number of rotatable bonds is 14. The lowest BCUT2D eigenvalue weighted by molar-refractivity contribution is -0.138. The molecular weight excluding hydrogens is 497 g/mol. The van der Waals surface area contributed by atoms with Crippen LogP contribution in [0.1, 0.15) is 62.1 Å². The molecule has 196 valence electrons. The van der Waals surface area contributed by atoms with Gasteiger partial charge in [-0.1, -0.05) is 73.5 Å². The van der Waals surface area contributed by atoms with Gasteiger partial charge in [0, 0.05) is 12.1 Å². The molecule has 0 spiro atoms. The molecule has 5 nitrogen and oxygen atoms in total. The van der Waals surface area contributed by atoms with Crippen LogP contribution in [0.2, 0.25) is 10.0 Å². The summed E-state index contributed by atoms with van der Waals surface area (Å²) >= 11 is 12.8. The van der Waals surface area contributed by atoms with E-state index < -0.39 is 18.0 Å². The Labute approximate surface area is 224 Å². The fraction of sp³-hybridized carbons (Fsp3) is 0.483. The smallest absolute Gasteiger partial charge is 0.311 e. The maximum atomic E-state index is 11.6. The molecule has 0 aliphatic heterocycles. The van der Waals surface area contributed by atoms with E-state index in [2.05, 4.69) is 50.0 Å². The standard InChI is InChI=1S/C29H37Cl2NO4/c1-4-9-24(28(34)35)23-12-13-25(27(31)26(23)30)36-18-22(33)17-32-29(5-2,6-3)16-19-14-20-10-7-8-11-21(20)15-19/h4,7-8,10-13,19,22,24,32-33H,1,5-6,9,14-18H2,2-3H3,(H,34,35)/t22-,24?/m1/s1. The van der Waals surface area contributed by atoms with Gasteiger partial charge in [-0.05, 0) is 67.2 Å². The zero-order valence-electron chi connectivity index (χ0n) is 21.1. The molecule has 1 aliphatic rings. The van der Waals surface area contributed by atoms with Gasteiger partial charge in [-0.2, -0.15) is 0 Å². The number of carboxylic acid groups (broad SMARTS) is 1. The lowest BCUT2D eigenvalue weighted by Crippen LogP contribution is -2.49. The molecule has 0 radical (unpaired) electrons. The van der Waals surface area contributed by atoms with Gasteiger partial charge in [-0.15, -0.1) is 6.58 Å². The number of aliphatic hydroxyl groups excluding tert-OH is 1. The second kappa shape index (κ2) is 13.0. The minimum atomic E-state index is -1.00. The molecule has 3 N–H and O–H groups in total. The summed E-state index contributed by atoms with van der Waals surface area (Å²) < 4.78 is 5.77. The van der Waals surface area contributed by atoms with Crippen molar-refractivity contribution in [3.8, 4) is 5.75 Å². The number of hydrogen-bond donors (Lipinski definition) is 3. The summed E-state index contributed by atoms with van der Waals surface area (Å²) in [5.74, 6) is -0.924. The molecule has 2 atom stereocenters. The summed E-state index contributed by atoms with van der Waals surface area (Å²) in [6.45, 7) is 8.44. The first-order valence-corrected chi connectivity index (χ1v) is 13.4. The van der Waals surface area contributed by atoms with Crippen LogP contribution in [0.5, 0.6) is 5.75 Å². The molecule has 0 saturated heterocycles. The predicted molar refractivity (Wildman–Crippen MR) is 146 cm³/mol. The number of nitrogens with one attached hydrogen (secondary N) is 1. The summed E-state index contributed by atoms with van der Waals surface area (Å²) in [4.78, 5) is 11.6. The maximum Gasteiger partial charge on any atom is 0.311 e. The molecule has 7 heteroatoms. The quantitative estimate of drug-likeness (QED) is 0.244. The number of β-amino-alcohol motifs (C(OH)–C–C–N with tert-alkyl or cyclic N) is 1. The minimum Gasteiger partial charge on any atom is -0.489 e. The molecule has 1 aliphatic carbocycles. The van der Waals surface area contributed by atoms with Crippen LogP contribution in [0.25, 0.3) is 0 Å². The number of ether oxygens (including phenoxy) is 1. The number of benzene rings is 2. The van der Waals surface area contributed by atoms with Crippen molar-refractivity contribution in [2.75, 3.05) is 13.2 Å². The second-order valence-electron chi connectivity index (χ2n) is 9.78. The van der Waals surface area contributed by atoms with Crippen molar-refractivity contribution in [1.82, 2.24) is 5.32 Å². The fourth-order valence-corrected chi connectivity index (χ4v) is 5.76. The van der Waals surface area contributed by atoms with E-state index in [4.69, 9.17) is 27.9 Å². The zero-order chi connectivity index (χ0) is 26.3. The molecule has 0 saturated carbocycles. The molecular formula is C29H37Cl2NO4. The summed E-state index contributed by atoms with van der Waals surface area (Å²) in [6, 6.07) is 11.9. The molecule has 0 heterocycles. The second-order valence-corrected chi connectivity index (χ2v) is 10.5. The average Bonchev–Trinajstić information content (AvgIpc) is 3.28. The Balaban J connectivity index is 1.57. The average molecular weight is 535 g/mol. The van der Waals surface area contributed by atoms with Gasteiger partial charge < -0.3 is 20.3 Å². The molecule has 0 aromatic heterocycles. The van der Waals surface area contributed by atoms with Crippen LogP contribution in [0.3, 0.4) is 0 Å². The van der Waals surface area contributed by atoms with Crippen molar-refractivity contribution >= 4 is 29.2 Å². The van der Waals surface area contributed by atoms with Gasteiger partial charge in [0.05, 0.1) is 10.9 Å². The molecule has 0 bridgehead atoms. The van der Waals surface area contributed by atoms with Crippen molar-refractivity contribution in [1.29, 1.82) is 0 Å². The number of carbonyl (C=O) groups is 1. The highest BCUT2D eigenvalue weighted by atomic mass is 35.5. The van der Waals surface area contributed by atoms with E-state index in [0.717, 1.165) is 32.1 Å². The van der Waals surface area contributed by atoms with Crippen LogP contribution >= 0.6 is 23.2 Å². The van der Waals surface area contributed by atoms with Crippen LogP contribution in [-0.4, -0.2) is 41.0 Å². The van der Waals surface area contributed by atoms with Crippen LogP contribution in [-0.2, 0) is 17.6 Å². The van der Waals surface area contributed by atoms with E-state index in [-0.39, 0.29) is 28.6 Å². The Morgan fingerprint density at radius 3 is 2.36 bits per heavy atom. The van der Waals surface area contributed by atoms with Crippen LogP contribution in [0.15, 0.2) is 49.1 Å². The number of hydrogen-bond acceptors (Lipinski definition) is 4. The lowest BCUT2D eigenvalue weighted by Gasteiger charge is -2.36.